The van der Waals surface area contributed by atoms with Gasteiger partial charge in [0.25, 0.3) is 11.5 Å². The van der Waals surface area contributed by atoms with Gasteiger partial charge in [-0.05, 0) is 49.2 Å². The topological polar surface area (TPSA) is 93.5 Å². The summed E-state index contributed by atoms with van der Waals surface area (Å²) in [6, 6.07) is 15.1. The first kappa shape index (κ1) is 21.6. The maximum absolute atomic E-state index is 13.2. The van der Waals surface area contributed by atoms with Gasteiger partial charge in [0.2, 0.25) is 5.91 Å². The van der Waals surface area contributed by atoms with E-state index in [0.717, 1.165) is 22.4 Å². The number of para-hydroxylation sites is 1. The Morgan fingerprint density at radius 1 is 1.19 bits per heavy atom. The lowest BCUT2D eigenvalue weighted by Crippen LogP contribution is -2.38. The first-order chi connectivity index (χ1) is 15.4. The summed E-state index contributed by atoms with van der Waals surface area (Å²) in [6.07, 6.45) is 0.741. The van der Waals surface area contributed by atoms with Gasteiger partial charge in [-0.25, -0.2) is 4.68 Å². The number of hydrogen-bond acceptors (Lipinski definition) is 5. The monoisotopic (exact) mass is 452 g/mol. The first-order valence-electron chi connectivity index (χ1n) is 10.0. The first-order valence-corrected chi connectivity index (χ1v) is 10.4. The molecule has 1 N–H and O–H groups in total. The molecule has 9 heteroatoms. The van der Waals surface area contributed by atoms with E-state index in [4.69, 9.17) is 16.3 Å². The zero-order valence-electron chi connectivity index (χ0n) is 17.5. The van der Waals surface area contributed by atoms with Gasteiger partial charge in [0.05, 0.1) is 12.8 Å². The molecule has 1 aromatic heterocycles. The van der Waals surface area contributed by atoms with E-state index in [1.807, 2.05) is 31.2 Å². The van der Waals surface area contributed by atoms with Crippen molar-refractivity contribution >= 4 is 34.8 Å². The normalized spacial score (nSPS) is 14.7. The van der Waals surface area contributed by atoms with E-state index in [-0.39, 0.29) is 24.2 Å². The predicted molar refractivity (Wildman–Crippen MR) is 122 cm³/mol. The molecule has 0 unspecified atom stereocenters. The number of ether oxygens (including phenoxy) is 1. The van der Waals surface area contributed by atoms with Crippen LogP contribution in [0.1, 0.15) is 23.0 Å². The zero-order valence-corrected chi connectivity index (χ0v) is 18.3. The van der Waals surface area contributed by atoms with Crippen molar-refractivity contribution in [3.05, 3.63) is 81.2 Å². The van der Waals surface area contributed by atoms with Gasteiger partial charge in [-0.15, -0.1) is 0 Å². The van der Waals surface area contributed by atoms with E-state index in [9.17, 15) is 14.4 Å². The Morgan fingerprint density at radius 2 is 1.97 bits per heavy atom. The highest BCUT2D eigenvalue weighted by atomic mass is 35.5. The molecule has 0 radical (unpaired) electrons. The van der Waals surface area contributed by atoms with E-state index in [0.29, 0.717) is 16.5 Å². The largest absolute Gasteiger partial charge is 0.495 e. The van der Waals surface area contributed by atoms with Gasteiger partial charge in [-0.3, -0.25) is 14.4 Å². The molecular weight excluding hydrogens is 432 g/mol. The number of methoxy groups -OCH3 is 1. The van der Waals surface area contributed by atoms with E-state index >= 15 is 0 Å². The number of carbonyl (C=O) groups is 2. The van der Waals surface area contributed by atoms with Crippen molar-refractivity contribution in [1.82, 2.24) is 9.78 Å². The molecule has 2 aromatic carbocycles. The SMILES string of the molecule is COc1ccc(Cl)cc1NC(=O)Cn1nc(C(=O)N2c3ccccc3C[C@@H]2C)ccc1=O. The van der Waals surface area contributed by atoms with Crippen molar-refractivity contribution < 1.29 is 14.3 Å². The molecule has 0 bridgehead atoms. The number of nitrogens with zero attached hydrogens (tertiary/aromatic N) is 3. The van der Waals surface area contributed by atoms with Crippen LogP contribution >= 0.6 is 11.6 Å². The number of nitrogens with one attached hydrogen (secondary N) is 1. The molecule has 8 nitrogen and oxygen atoms in total. The minimum absolute atomic E-state index is 0.0410. The second kappa shape index (κ2) is 8.84. The highest BCUT2D eigenvalue weighted by molar-refractivity contribution is 6.31. The summed E-state index contributed by atoms with van der Waals surface area (Å²) in [4.78, 5) is 39.7. The summed E-state index contributed by atoms with van der Waals surface area (Å²) in [5, 5.41) is 7.24. The molecule has 0 saturated heterocycles. The third-order valence-electron chi connectivity index (χ3n) is 5.24. The van der Waals surface area contributed by atoms with Crippen LogP contribution in [0.5, 0.6) is 5.75 Å². The number of hydrogen-bond donors (Lipinski definition) is 1. The fourth-order valence-electron chi connectivity index (χ4n) is 3.78. The van der Waals surface area contributed by atoms with E-state index < -0.39 is 11.5 Å². The molecule has 3 aromatic rings. The van der Waals surface area contributed by atoms with Crippen molar-refractivity contribution in [2.75, 3.05) is 17.3 Å². The molecule has 4 rings (SSSR count). The fourth-order valence-corrected chi connectivity index (χ4v) is 3.95. The second-order valence-corrected chi connectivity index (χ2v) is 7.90. The minimum Gasteiger partial charge on any atom is -0.495 e. The number of aromatic nitrogens is 2. The lowest BCUT2D eigenvalue weighted by Gasteiger charge is -2.22. The molecule has 1 atom stereocenters. The Hall–Kier alpha value is -3.65. The molecular formula is C23H21ClN4O4. The summed E-state index contributed by atoms with van der Waals surface area (Å²) >= 11 is 5.99. The molecule has 1 aliphatic heterocycles. The third-order valence-corrected chi connectivity index (χ3v) is 5.48. The van der Waals surface area contributed by atoms with E-state index in [1.54, 1.807) is 23.1 Å². The molecule has 2 heterocycles. The molecule has 0 fully saturated rings. The van der Waals surface area contributed by atoms with Gasteiger partial charge in [0.15, 0.2) is 0 Å². The molecule has 32 heavy (non-hydrogen) atoms. The van der Waals surface area contributed by atoms with Crippen LogP contribution < -0.4 is 20.5 Å². The third kappa shape index (κ3) is 4.22. The van der Waals surface area contributed by atoms with Gasteiger partial charge in [0, 0.05) is 22.8 Å². The van der Waals surface area contributed by atoms with Crippen molar-refractivity contribution in [3.8, 4) is 5.75 Å². The fraction of sp³-hybridized carbons (Fsp3) is 0.217. The van der Waals surface area contributed by atoms with E-state index in [1.165, 1.54) is 19.2 Å². The number of fused-ring (bicyclic) bond motifs is 1. The maximum atomic E-state index is 13.2. The molecule has 2 amide bonds. The van der Waals surface area contributed by atoms with Gasteiger partial charge < -0.3 is 15.0 Å². The van der Waals surface area contributed by atoms with Crippen LogP contribution in [0, 0.1) is 0 Å². The van der Waals surface area contributed by atoms with Crippen molar-refractivity contribution in [2.45, 2.75) is 25.9 Å². The average Bonchev–Trinajstić information content (AvgIpc) is 3.10. The minimum atomic E-state index is -0.510. The van der Waals surface area contributed by atoms with Crippen LogP contribution in [-0.2, 0) is 17.8 Å². The maximum Gasteiger partial charge on any atom is 0.278 e. The lowest BCUT2D eigenvalue weighted by atomic mass is 10.1. The zero-order chi connectivity index (χ0) is 22.8. The Bertz CT molecular complexity index is 1260. The van der Waals surface area contributed by atoms with Crippen LogP contribution in [0.15, 0.2) is 59.4 Å². The predicted octanol–water partition coefficient (Wildman–Crippen LogP) is 3.14. The Balaban J connectivity index is 1.56. The second-order valence-electron chi connectivity index (χ2n) is 7.46. The number of anilines is 2. The van der Waals surface area contributed by atoms with Crippen LogP contribution in [0.25, 0.3) is 0 Å². The highest BCUT2D eigenvalue weighted by Crippen LogP contribution is 2.32. The highest BCUT2D eigenvalue weighted by Gasteiger charge is 2.32. The van der Waals surface area contributed by atoms with E-state index in [2.05, 4.69) is 10.4 Å². The van der Waals surface area contributed by atoms with Gasteiger partial charge in [-0.2, -0.15) is 5.10 Å². The van der Waals surface area contributed by atoms with Gasteiger partial charge in [-0.1, -0.05) is 29.8 Å². The number of carbonyl (C=O) groups excluding carboxylic acids is 2. The Labute approximate surface area is 189 Å². The average molecular weight is 453 g/mol. The quantitative estimate of drug-likeness (QED) is 0.642. The van der Waals surface area contributed by atoms with Crippen LogP contribution in [0.2, 0.25) is 5.02 Å². The van der Waals surface area contributed by atoms with Crippen molar-refractivity contribution in [1.29, 1.82) is 0 Å². The molecule has 0 saturated carbocycles. The smallest absolute Gasteiger partial charge is 0.278 e. The van der Waals surface area contributed by atoms with Gasteiger partial charge in [0.1, 0.15) is 18.0 Å². The Kier molecular flexibility index (Phi) is 5.96. The summed E-state index contributed by atoms with van der Waals surface area (Å²) in [7, 11) is 1.47. The lowest BCUT2D eigenvalue weighted by molar-refractivity contribution is -0.117. The van der Waals surface area contributed by atoms with Crippen molar-refractivity contribution in [3.63, 3.8) is 0 Å². The number of amides is 2. The molecule has 164 valence electrons. The Morgan fingerprint density at radius 3 is 2.75 bits per heavy atom. The summed E-state index contributed by atoms with van der Waals surface area (Å²) in [5.41, 5.74) is 1.87. The number of benzene rings is 2. The molecule has 0 spiro atoms. The molecule has 1 aliphatic rings. The van der Waals surface area contributed by atoms with Crippen LogP contribution in [0.3, 0.4) is 0 Å². The summed E-state index contributed by atoms with van der Waals surface area (Å²) < 4.78 is 6.18. The summed E-state index contributed by atoms with van der Waals surface area (Å²) in [5.74, 6) is -0.411. The summed E-state index contributed by atoms with van der Waals surface area (Å²) in [6.45, 7) is 1.58. The molecule has 0 aliphatic carbocycles. The number of rotatable bonds is 5. The van der Waals surface area contributed by atoms with Gasteiger partial charge >= 0.3 is 0 Å². The standard InChI is InChI=1S/C23H21ClN4O4/c1-14-11-15-5-3-4-6-19(15)28(14)23(31)17-8-10-22(30)27(26-17)13-21(29)25-18-12-16(24)7-9-20(18)32-2/h3-10,12,14H,11,13H2,1-2H3,(H,25,29)/t14-/m0/s1. The van der Waals surface area contributed by atoms with Crippen LogP contribution in [0.4, 0.5) is 11.4 Å². The van der Waals surface area contributed by atoms with Crippen LogP contribution in [-0.4, -0.2) is 34.7 Å². The van der Waals surface area contributed by atoms with Crippen molar-refractivity contribution in [2.24, 2.45) is 0 Å². The number of halogens is 1.